The first kappa shape index (κ1) is 66.5. The zero-order valence-corrected chi connectivity index (χ0v) is 46.0. The van der Waals surface area contributed by atoms with Crippen LogP contribution in [0.2, 0.25) is 0 Å². The van der Waals surface area contributed by atoms with Crippen molar-refractivity contribution in [1.29, 1.82) is 0 Å². The largest absolute Gasteiger partial charge is 0.481 e. The number of ether oxygens (including phenoxy) is 3. The molecule has 430 valence electrons. The number of Topliss-reactive ketones (excluding diaryl/α,β-unsaturated/α-hetero) is 1. The molecule has 23 heteroatoms. The van der Waals surface area contributed by atoms with Gasteiger partial charge in [-0.15, -0.1) is 0 Å². The quantitative estimate of drug-likeness (QED) is 0.0252. The molecule has 1 aromatic heterocycles. The van der Waals surface area contributed by atoms with E-state index in [2.05, 4.69) is 64.8 Å². The van der Waals surface area contributed by atoms with Crippen molar-refractivity contribution in [3.05, 3.63) is 120 Å². The van der Waals surface area contributed by atoms with Gasteiger partial charge in [-0.25, -0.2) is 13.9 Å². The molecule has 0 amide bonds. The average Bonchev–Trinajstić information content (AvgIpc) is 3.37. The highest BCUT2D eigenvalue weighted by Gasteiger charge is 2.45. The number of ketones is 1. The Bertz CT molecular complexity index is 2350. The normalized spacial score (nSPS) is 29.2. The summed E-state index contributed by atoms with van der Waals surface area (Å²) >= 11 is 0. The van der Waals surface area contributed by atoms with Crippen molar-refractivity contribution in [2.75, 3.05) is 25.6 Å². The van der Waals surface area contributed by atoms with Crippen LogP contribution in [0.5, 0.6) is 0 Å². The van der Waals surface area contributed by atoms with Gasteiger partial charge in [-0.05, 0) is 76.7 Å². The van der Waals surface area contributed by atoms with E-state index in [4.69, 9.17) is 29.0 Å². The number of hydrogen-bond acceptors (Lipinski definition) is 18. The minimum Gasteiger partial charge on any atom is -0.462 e. The highest BCUT2D eigenvalue weighted by Crippen LogP contribution is 2.60. The molecule has 21 nitrogen and oxygen atoms in total. The van der Waals surface area contributed by atoms with Gasteiger partial charge in [0, 0.05) is 31.4 Å². The van der Waals surface area contributed by atoms with Gasteiger partial charge in [0.05, 0.1) is 37.4 Å². The fourth-order valence-corrected chi connectivity index (χ4v) is 9.97. The number of phosphoric ester groups is 2. The SMILES string of the molecule is CC/C=C\C/C=C\C/C=C\C/C=C\C/C=C\C/C=C\CCC(=O)O[C@@H]1COC(=O)CCC/C=C\C[C@@H]2[C@H](n3ccc(N)nc3=O)O[C@H](COP(=O)(O)OP(=O)(O)OC1)[C@@H](O)[C@@H](O)[C@@H](/C=C/[C@@H](O)CCCCC)C(=O)C[C@@H]2O. The number of aromatic nitrogens is 2. The molecule has 1 saturated heterocycles. The standard InChI is InChI=1S/C54H81N3O18P2/c1-3-5-7-8-9-10-11-12-13-14-15-16-17-18-19-20-21-22-28-32-50(62)73-42-38-70-49(61)31-27-24-23-26-30-44-46(60)37-45(59)43(34-33-41(58)29-25-6-4-2)51(63)52(64)47(40-72-77(68,69)75-76(66,67)71-39-42)74-53(44)57-36-35-48(55)56-54(57)65/h5,7,9-10,12-13,15-16,18-19,21-23,26,33-36,41-44,46-47,51-53,58,60,63-64H,3-4,6,8,11,14,17,20,24-25,27-32,37-40H2,1-2H3,(H,66,67)(H,68,69)(H2,55,56,65)/b7-5-,10-9-,13-12-,16-15-,19-18-,22-21-,26-23-,34-33+/t41-,42+,43-,44-,46-,47+,51-,52+,53+/m0/s1. The maximum Gasteiger partial charge on any atom is 0.481 e. The molecule has 11 atom stereocenters. The van der Waals surface area contributed by atoms with Crippen LogP contribution < -0.4 is 11.4 Å². The Kier molecular flexibility index (Phi) is 32.1. The van der Waals surface area contributed by atoms with E-state index in [0.29, 0.717) is 19.3 Å². The lowest BCUT2D eigenvalue weighted by Crippen LogP contribution is -2.51. The minimum absolute atomic E-state index is 0.135. The Morgan fingerprint density at radius 2 is 1.45 bits per heavy atom. The molecule has 77 heavy (non-hydrogen) atoms. The molecule has 0 saturated carbocycles. The van der Waals surface area contributed by atoms with E-state index in [1.54, 1.807) is 18.2 Å². The number of hydrogen-bond donors (Lipinski definition) is 7. The van der Waals surface area contributed by atoms with E-state index < -0.39 is 120 Å². The highest BCUT2D eigenvalue weighted by atomic mass is 31.3. The predicted octanol–water partition coefficient (Wildman–Crippen LogP) is 7.81. The van der Waals surface area contributed by atoms with Crippen LogP contribution in [0.15, 0.2) is 114 Å². The number of rotatable bonds is 22. The van der Waals surface area contributed by atoms with Gasteiger partial charge in [0.25, 0.3) is 0 Å². The fraction of sp³-hybridized carbons (Fsp3) is 0.574. The molecule has 2 unspecified atom stereocenters. The van der Waals surface area contributed by atoms with E-state index in [9.17, 15) is 58.5 Å². The summed E-state index contributed by atoms with van der Waals surface area (Å²) < 4.78 is 58.9. The van der Waals surface area contributed by atoms with Gasteiger partial charge in [0.2, 0.25) is 0 Å². The van der Waals surface area contributed by atoms with Gasteiger partial charge in [0.1, 0.15) is 36.6 Å². The van der Waals surface area contributed by atoms with Gasteiger partial charge < -0.3 is 50.2 Å². The molecule has 1 aromatic rings. The summed E-state index contributed by atoms with van der Waals surface area (Å²) in [6.07, 6.45) is 26.7. The summed E-state index contributed by atoms with van der Waals surface area (Å²) in [6.45, 7) is 1.23. The van der Waals surface area contributed by atoms with Crippen molar-refractivity contribution in [3.8, 4) is 0 Å². The molecule has 8 N–H and O–H groups in total. The van der Waals surface area contributed by atoms with Crippen molar-refractivity contribution in [2.45, 2.75) is 166 Å². The molecular weight excluding hydrogens is 1040 g/mol. The number of aliphatic hydroxyl groups excluding tert-OH is 4. The van der Waals surface area contributed by atoms with Crippen LogP contribution in [0, 0.1) is 11.8 Å². The van der Waals surface area contributed by atoms with Crippen LogP contribution in [0.1, 0.15) is 129 Å². The third-order valence-electron chi connectivity index (χ3n) is 12.0. The number of nitrogens with zero attached hydrogens (tertiary/aromatic N) is 2. The molecule has 0 aliphatic carbocycles. The Balaban J connectivity index is 1.78. The molecule has 1 fully saturated rings. The van der Waals surface area contributed by atoms with Crippen LogP contribution >= 0.6 is 15.6 Å². The summed E-state index contributed by atoms with van der Waals surface area (Å²) in [7, 11) is -11.4. The first-order chi connectivity index (χ1) is 36.9. The summed E-state index contributed by atoms with van der Waals surface area (Å²) in [4.78, 5) is 78.2. The summed E-state index contributed by atoms with van der Waals surface area (Å²) in [6, 6.07) is 1.22. The van der Waals surface area contributed by atoms with Gasteiger partial charge >= 0.3 is 33.3 Å². The van der Waals surface area contributed by atoms with Gasteiger partial charge in [-0.2, -0.15) is 9.29 Å². The molecule has 2 bridgehead atoms. The highest BCUT2D eigenvalue weighted by molar-refractivity contribution is 7.61. The number of fused-ring (bicyclic) bond motifs is 3. The van der Waals surface area contributed by atoms with Gasteiger partial charge in [0.15, 0.2) is 6.10 Å². The molecule has 2 aliphatic heterocycles. The van der Waals surface area contributed by atoms with Gasteiger partial charge in [-0.3, -0.25) is 28.0 Å². The number of aliphatic hydroxyl groups is 4. The maximum atomic E-state index is 14.0. The smallest absolute Gasteiger partial charge is 0.462 e. The number of cyclic esters (lactones) is 1. The lowest BCUT2D eigenvalue weighted by atomic mass is 9.83. The van der Waals surface area contributed by atoms with Crippen LogP contribution in [0.25, 0.3) is 0 Å². The number of nitrogen functional groups attached to an aromatic ring is 1. The van der Waals surface area contributed by atoms with Crippen LogP contribution in [0.3, 0.4) is 0 Å². The molecule has 0 radical (unpaired) electrons. The predicted molar refractivity (Wildman–Crippen MR) is 289 cm³/mol. The second-order valence-corrected chi connectivity index (χ2v) is 21.5. The number of esters is 2. The van der Waals surface area contributed by atoms with Crippen LogP contribution in [-0.4, -0.2) is 114 Å². The lowest BCUT2D eigenvalue weighted by Gasteiger charge is -2.39. The summed E-state index contributed by atoms with van der Waals surface area (Å²) in [5.74, 6) is -5.37. The second kappa shape index (κ2) is 37.2. The van der Waals surface area contributed by atoms with Crippen LogP contribution in [0.4, 0.5) is 5.82 Å². The summed E-state index contributed by atoms with van der Waals surface area (Å²) in [5.41, 5.74) is 4.74. The monoisotopic (exact) mass is 1120 g/mol. The van der Waals surface area contributed by atoms with E-state index >= 15 is 0 Å². The van der Waals surface area contributed by atoms with Gasteiger partial charge in [-0.1, -0.05) is 130 Å². The van der Waals surface area contributed by atoms with E-state index in [0.717, 1.165) is 55.7 Å². The molecule has 0 spiro atoms. The molecule has 3 rings (SSSR count). The van der Waals surface area contributed by atoms with Crippen molar-refractivity contribution >= 4 is 39.2 Å². The Hall–Kier alpha value is -4.73. The molecule has 0 aromatic carbocycles. The number of carbonyl (C=O) groups is 3. The zero-order valence-electron chi connectivity index (χ0n) is 44.2. The number of anilines is 1. The third kappa shape index (κ3) is 27.6. The van der Waals surface area contributed by atoms with Crippen molar-refractivity contribution in [3.63, 3.8) is 0 Å². The van der Waals surface area contributed by atoms with Crippen molar-refractivity contribution in [2.24, 2.45) is 11.8 Å². The first-order valence-corrected chi connectivity index (χ1v) is 29.3. The number of carbonyl (C=O) groups excluding carboxylic acids is 3. The Morgan fingerprint density at radius 3 is 2.06 bits per heavy atom. The van der Waals surface area contributed by atoms with Crippen molar-refractivity contribution < 1.29 is 81.3 Å². The minimum atomic E-state index is -5.75. The fourth-order valence-electron chi connectivity index (χ4n) is 7.86. The van der Waals surface area contributed by atoms with E-state index in [-0.39, 0.29) is 44.3 Å². The molecule has 2 aliphatic rings. The van der Waals surface area contributed by atoms with E-state index in [1.165, 1.54) is 18.2 Å². The Labute approximate surface area is 451 Å². The van der Waals surface area contributed by atoms with Crippen molar-refractivity contribution in [1.82, 2.24) is 9.55 Å². The third-order valence-corrected chi connectivity index (χ3v) is 14.6. The van der Waals surface area contributed by atoms with Crippen LogP contribution in [-0.2, 0) is 51.1 Å². The number of allylic oxidation sites excluding steroid dienone is 14. The lowest BCUT2D eigenvalue weighted by molar-refractivity contribution is -0.186. The molecular formula is C54H81N3O18P2. The average molecular weight is 1120 g/mol. The molecule has 3 heterocycles. The summed E-state index contributed by atoms with van der Waals surface area (Å²) in [5, 5.41) is 45.7. The number of nitrogens with two attached hydrogens (primary N) is 1. The first-order valence-electron chi connectivity index (χ1n) is 26.4. The number of phosphoric acid groups is 2. The second-order valence-electron chi connectivity index (χ2n) is 18.4. The number of unbranched alkanes of at least 4 members (excludes halogenated alkanes) is 2. The van der Waals surface area contributed by atoms with E-state index in [1.807, 2.05) is 25.2 Å². The maximum absolute atomic E-state index is 14.0. The topological polar surface area (TPSA) is 323 Å². The Morgan fingerprint density at radius 1 is 0.844 bits per heavy atom. The zero-order chi connectivity index (χ0) is 56.5.